The quantitative estimate of drug-likeness (QED) is 0.872. The van der Waals surface area contributed by atoms with Crippen LogP contribution < -0.4 is 5.32 Å². The van der Waals surface area contributed by atoms with Crippen molar-refractivity contribution < 1.29 is 9.90 Å². The highest BCUT2D eigenvalue weighted by Crippen LogP contribution is 2.30. The van der Waals surface area contributed by atoms with Crippen LogP contribution in [0, 0.1) is 6.92 Å². The van der Waals surface area contributed by atoms with Gasteiger partial charge < -0.3 is 10.4 Å². The molecule has 1 fully saturated rings. The lowest BCUT2D eigenvalue weighted by Crippen LogP contribution is -2.47. The van der Waals surface area contributed by atoms with Crippen LogP contribution in [-0.2, 0) is 7.05 Å². The van der Waals surface area contributed by atoms with Gasteiger partial charge in [-0.15, -0.1) is 0 Å². The summed E-state index contributed by atoms with van der Waals surface area (Å²) >= 11 is 0. The largest absolute Gasteiger partial charge is 0.388 e. The fourth-order valence-electron chi connectivity index (χ4n) is 2.54. The fraction of sp³-hybridized carbons (Fsp3) is 0.500. The maximum Gasteiger partial charge on any atom is 0.252 e. The summed E-state index contributed by atoms with van der Waals surface area (Å²) in [5.41, 5.74) is 1.40. The summed E-state index contributed by atoms with van der Waals surface area (Å²) in [6, 6.07) is 1.80. The van der Waals surface area contributed by atoms with Crippen LogP contribution in [0.1, 0.15) is 35.3 Å². The zero-order valence-corrected chi connectivity index (χ0v) is 11.7. The maximum atomic E-state index is 12.1. The molecule has 20 heavy (non-hydrogen) atoms. The molecule has 2 aromatic rings. The molecule has 0 radical (unpaired) electrons. The summed E-state index contributed by atoms with van der Waals surface area (Å²) in [7, 11) is 1.83. The molecule has 0 aliphatic heterocycles. The molecule has 3 rings (SSSR count). The first-order valence-corrected chi connectivity index (χ1v) is 6.78. The van der Waals surface area contributed by atoms with E-state index in [-0.39, 0.29) is 5.91 Å². The molecule has 0 unspecified atom stereocenters. The van der Waals surface area contributed by atoms with Gasteiger partial charge in [0.2, 0.25) is 0 Å². The zero-order chi connectivity index (χ0) is 14.3. The van der Waals surface area contributed by atoms with E-state index >= 15 is 0 Å². The van der Waals surface area contributed by atoms with Gasteiger partial charge in [0.25, 0.3) is 5.91 Å². The minimum Gasteiger partial charge on any atom is -0.388 e. The van der Waals surface area contributed by atoms with Crippen molar-refractivity contribution in [1.29, 1.82) is 0 Å². The third-order valence-corrected chi connectivity index (χ3v) is 3.99. The van der Waals surface area contributed by atoms with Crippen LogP contribution in [0.2, 0.25) is 0 Å². The number of aryl methyl sites for hydroxylation is 2. The van der Waals surface area contributed by atoms with Crippen LogP contribution in [0.15, 0.2) is 12.3 Å². The molecule has 6 nitrogen and oxygen atoms in total. The highest BCUT2D eigenvalue weighted by molar-refractivity contribution is 5.97. The number of amides is 1. The van der Waals surface area contributed by atoms with Crippen LogP contribution >= 0.6 is 0 Å². The second-order valence-corrected chi connectivity index (χ2v) is 5.56. The molecule has 106 valence electrons. The molecular formula is C14H18N4O2. The van der Waals surface area contributed by atoms with Crippen LogP contribution in [0.5, 0.6) is 0 Å². The van der Waals surface area contributed by atoms with Gasteiger partial charge in [-0.2, -0.15) is 5.10 Å². The second-order valence-electron chi connectivity index (χ2n) is 5.56. The van der Waals surface area contributed by atoms with Gasteiger partial charge in [0, 0.05) is 25.2 Å². The Bertz CT molecular complexity index is 673. The Hall–Kier alpha value is -1.95. The molecule has 1 aliphatic rings. The number of aromatic nitrogens is 3. The molecule has 0 atom stereocenters. The molecule has 0 spiro atoms. The predicted molar refractivity (Wildman–Crippen MR) is 74.4 cm³/mol. The fourth-order valence-corrected chi connectivity index (χ4v) is 2.54. The van der Waals surface area contributed by atoms with Gasteiger partial charge >= 0.3 is 0 Å². The van der Waals surface area contributed by atoms with Crippen LogP contribution in [-0.4, -0.2) is 37.9 Å². The number of rotatable bonds is 3. The smallest absolute Gasteiger partial charge is 0.252 e. The predicted octanol–water partition coefficient (Wildman–Crippen LogP) is 0.922. The van der Waals surface area contributed by atoms with Crippen molar-refractivity contribution in [3.63, 3.8) is 0 Å². The first-order chi connectivity index (χ1) is 9.48. The Morgan fingerprint density at radius 1 is 1.55 bits per heavy atom. The number of nitrogens with one attached hydrogen (secondary N) is 1. The number of pyridine rings is 1. The number of fused-ring (bicyclic) bond motifs is 1. The molecule has 0 bridgehead atoms. The lowest BCUT2D eigenvalue weighted by atomic mass is 9.80. The number of hydrogen-bond acceptors (Lipinski definition) is 4. The molecule has 2 aromatic heterocycles. The molecule has 2 heterocycles. The number of nitrogens with zero attached hydrogens (tertiary/aromatic N) is 3. The van der Waals surface area contributed by atoms with Crippen molar-refractivity contribution in [3.8, 4) is 0 Å². The summed E-state index contributed by atoms with van der Waals surface area (Å²) in [5.74, 6) is -0.206. The van der Waals surface area contributed by atoms with E-state index in [4.69, 9.17) is 0 Å². The Kier molecular flexibility index (Phi) is 2.97. The van der Waals surface area contributed by atoms with Crippen molar-refractivity contribution in [1.82, 2.24) is 20.1 Å². The Balaban J connectivity index is 1.79. The normalized spacial score (nSPS) is 16.9. The molecule has 0 aromatic carbocycles. The van der Waals surface area contributed by atoms with E-state index in [0.29, 0.717) is 12.1 Å². The minimum atomic E-state index is -0.711. The van der Waals surface area contributed by atoms with E-state index in [1.165, 1.54) is 0 Å². The van der Waals surface area contributed by atoms with Crippen LogP contribution in [0.25, 0.3) is 11.0 Å². The van der Waals surface area contributed by atoms with Crippen molar-refractivity contribution >= 4 is 16.9 Å². The molecular weight excluding hydrogens is 256 g/mol. The van der Waals surface area contributed by atoms with Crippen LogP contribution in [0.4, 0.5) is 0 Å². The third-order valence-electron chi connectivity index (χ3n) is 3.99. The van der Waals surface area contributed by atoms with Gasteiger partial charge in [0.05, 0.1) is 16.9 Å². The topological polar surface area (TPSA) is 80.0 Å². The molecule has 1 saturated carbocycles. The number of carbonyl (C=O) groups excluding carboxylic acids is 1. The molecule has 6 heteroatoms. The van der Waals surface area contributed by atoms with Gasteiger partial charge in [0.1, 0.15) is 0 Å². The Labute approximate surface area is 116 Å². The van der Waals surface area contributed by atoms with Gasteiger partial charge in [-0.25, -0.2) is 4.98 Å². The van der Waals surface area contributed by atoms with Crippen molar-refractivity contribution in [3.05, 3.63) is 23.5 Å². The van der Waals surface area contributed by atoms with Crippen molar-refractivity contribution in [2.45, 2.75) is 31.8 Å². The van der Waals surface area contributed by atoms with Gasteiger partial charge in [-0.3, -0.25) is 9.48 Å². The van der Waals surface area contributed by atoms with E-state index in [9.17, 15) is 9.90 Å². The number of hydrogen-bond donors (Lipinski definition) is 2. The lowest BCUT2D eigenvalue weighted by molar-refractivity contribution is -0.0300. The minimum absolute atomic E-state index is 0.206. The highest BCUT2D eigenvalue weighted by Gasteiger charge is 2.34. The van der Waals surface area contributed by atoms with E-state index in [2.05, 4.69) is 15.4 Å². The van der Waals surface area contributed by atoms with Crippen LogP contribution in [0.3, 0.4) is 0 Å². The third kappa shape index (κ3) is 2.16. The monoisotopic (exact) mass is 274 g/mol. The zero-order valence-electron chi connectivity index (χ0n) is 11.7. The number of aliphatic hydroxyl groups is 1. The summed E-state index contributed by atoms with van der Waals surface area (Å²) < 4.78 is 1.70. The van der Waals surface area contributed by atoms with E-state index < -0.39 is 5.60 Å². The Morgan fingerprint density at radius 3 is 2.95 bits per heavy atom. The van der Waals surface area contributed by atoms with Gasteiger partial charge in [0.15, 0.2) is 5.65 Å². The average Bonchev–Trinajstić information content (AvgIpc) is 2.69. The Morgan fingerprint density at radius 2 is 2.30 bits per heavy atom. The van der Waals surface area contributed by atoms with E-state index in [1.54, 1.807) is 16.9 Å². The molecule has 2 N–H and O–H groups in total. The number of carbonyl (C=O) groups is 1. The molecule has 0 saturated heterocycles. The van der Waals surface area contributed by atoms with Crippen molar-refractivity contribution in [2.24, 2.45) is 7.05 Å². The standard InChI is InChI=1S/C14H18N4O2/c1-9-11-6-10(7-15-12(11)18(2)17-9)13(19)16-8-14(20)4-3-5-14/h6-7,20H,3-5,8H2,1-2H3,(H,16,19). The van der Waals surface area contributed by atoms with Gasteiger partial charge in [-0.05, 0) is 32.3 Å². The summed E-state index contributed by atoms with van der Waals surface area (Å²) in [6.07, 6.45) is 4.08. The summed E-state index contributed by atoms with van der Waals surface area (Å²) in [4.78, 5) is 16.4. The van der Waals surface area contributed by atoms with E-state index in [0.717, 1.165) is 36.0 Å². The first kappa shape index (κ1) is 13.1. The highest BCUT2D eigenvalue weighted by atomic mass is 16.3. The first-order valence-electron chi connectivity index (χ1n) is 6.78. The summed E-state index contributed by atoms with van der Waals surface area (Å²) in [5, 5.41) is 17.9. The van der Waals surface area contributed by atoms with E-state index in [1.807, 2.05) is 14.0 Å². The van der Waals surface area contributed by atoms with Crippen molar-refractivity contribution in [2.75, 3.05) is 6.54 Å². The SMILES string of the molecule is Cc1nn(C)c2ncc(C(=O)NCC3(O)CCC3)cc12. The second kappa shape index (κ2) is 4.56. The summed E-state index contributed by atoms with van der Waals surface area (Å²) in [6.45, 7) is 2.19. The maximum absolute atomic E-state index is 12.1. The van der Waals surface area contributed by atoms with Gasteiger partial charge in [-0.1, -0.05) is 0 Å². The average molecular weight is 274 g/mol. The lowest BCUT2D eigenvalue weighted by Gasteiger charge is -2.36. The molecule has 1 amide bonds. The molecule has 1 aliphatic carbocycles.